The second kappa shape index (κ2) is 7.34. The largest absolute Gasteiger partial charge is 0.422 e. The number of nitrogen functional groups attached to an aromatic ring is 1. The van der Waals surface area contributed by atoms with Crippen LogP contribution in [-0.4, -0.2) is 36.4 Å². The van der Waals surface area contributed by atoms with Gasteiger partial charge in [0.15, 0.2) is 5.16 Å². The number of aryl methyl sites for hydroxylation is 2. The van der Waals surface area contributed by atoms with Gasteiger partial charge in [0.1, 0.15) is 5.82 Å². The number of nitrogens with two attached hydrogens (primary N) is 1. The molecule has 150 valence electrons. The third-order valence-electron chi connectivity index (χ3n) is 4.24. The number of anilines is 1. The molecule has 1 aromatic carbocycles. The molecule has 6 nitrogen and oxygen atoms in total. The maximum atomic E-state index is 13.9. The molecular weight excluding hydrogens is 415 g/mol. The van der Waals surface area contributed by atoms with E-state index in [1.54, 1.807) is 42.1 Å². The molecule has 3 aromatic rings. The number of hydrogen-bond donors (Lipinski definition) is 2. The molecule has 28 heavy (non-hydrogen) atoms. The Kier molecular flexibility index (Phi) is 5.39. The van der Waals surface area contributed by atoms with Crippen LogP contribution in [0.2, 0.25) is 5.02 Å². The molecule has 11 heteroatoms. The Bertz CT molecular complexity index is 986. The second-order valence-corrected chi connectivity index (χ2v) is 7.58. The van der Waals surface area contributed by atoms with Crippen LogP contribution < -0.4 is 5.73 Å². The third-order valence-corrected chi connectivity index (χ3v) is 5.70. The van der Waals surface area contributed by atoms with E-state index < -0.39 is 23.1 Å². The molecule has 0 unspecified atom stereocenters. The average Bonchev–Trinajstić information content (AvgIpc) is 3.15. The molecule has 1 atom stereocenters. The molecule has 0 radical (unpaired) electrons. The highest BCUT2D eigenvalue weighted by molar-refractivity contribution is 7.99. The number of halogens is 4. The summed E-state index contributed by atoms with van der Waals surface area (Å²) in [5.41, 5.74) is 2.74. The fourth-order valence-electron chi connectivity index (χ4n) is 2.79. The van der Waals surface area contributed by atoms with E-state index in [4.69, 9.17) is 17.3 Å². The van der Waals surface area contributed by atoms with Gasteiger partial charge in [0.2, 0.25) is 5.60 Å². The van der Waals surface area contributed by atoms with Crippen LogP contribution in [0.3, 0.4) is 0 Å². The fourth-order valence-corrected chi connectivity index (χ4v) is 3.96. The lowest BCUT2D eigenvalue weighted by Gasteiger charge is -2.30. The number of thioether (sulfide) groups is 1. The number of hydrogen-bond acceptors (Lipinski definition) is 5. The molecule has 3 rings (SSSR count). The Morgan fingerprint density at radius 1 is 1.25 bits per heavy atom. The lowest BCUT2D eigenvalue weighted by molar-refractivity contribution is -0.256. The molecule has 0 amide bonds. The zero-order chi connectivity index (χ0) is 20.7. The zero-order valence-corrected chi connectivity index (χ0v) is 16.5. The Balaban J connectivity index is 2.05. The van der Waals surface area contributed by atoms with Crippen molar-refractivity contribution in [3.05, 3.63) is 52.9 Å². The van der Waals surface area contributed by atoms with E-state index in [9.17, 15) is 18.3 Å². The molecule has 0 bridgehead atoms. The van der Waals surface area contributed by atoms with Crippen LogP contribution in [0, 0.1) is 6.92 Å². The first-order chi connectivity index (χ1) is 13.0. The highest BCUT2D eigenvalue weighted by atomic mass is 35.5. The highest BCUT2D eigenvalue weighted by Crippen LogP contribution is 2.46. The summed E-state index contributed by atoms with van der Waals surface area (Å²) in [6.45, 7) is 1.38. The summed E-state index contributed by atoms with van der Waals surface area (Å²) in [5, 5.41) is 15.6. The summed E-state index contributed by atoms with van der Waals surface area (Å²) in [6.07, 6.45) is -1.90. The van der Waals surface area contributed by atoms with Crippen LogP contribution in [0.5, 0.6) is 0 Å². The third kappa shape index (κ3) is 3.59. The number of imidazole rings is 1. The van der Waals surface area contributed by atoms with Crippen molar-refractivity contribution in [2.24, 2.45) is 7.05 Å². The molecule has 0 aliphatic carbocycles. The van der Waals surface area contributed by atoms with Crippen molar-refractivity contribution in [1.29, 1.82) is 0 Å². The molecule has 0 fully saturated rings. The number of aromatic nitrogens is 4. The van der Waals surface area contributed by atoms with Gasteiger partial charge in [-0.15, -0.1) is 0 Å². The van der Waals surface area contributed by atoms with Gasteiger partial charge >= 0.3 is 6.18 Å². The first kappa shape index (κ1) is 20.6. The summed E-state index contributed by atoms with van der Waals surface area (Å²) in [6, 6.07) is 6.29. The number of benzene rings is 1. The molecule has 3 N–H and O–H groups in total. The Morgan fingerprint density at radius 3 is 2.43 bits per heavy atom. The average molecular weight is 432 g/mol. The lowest BCUT2D eigenvalue weighted by atomic mass is 9.95. The minimum atomic E-state index is -4.97. The lowest BCUT2D eigenvalue weighted by Crippen LogP contribution is -2.45. The van der Waals surface area contributed by atoms with Gasteiger partial charge in [-0.25, -0.2) is 9.67 Å². The fraction of sp³-hybridized carbons (Fsp3) is 0.294. The summed E-state index contributed by atoms with van der Waals surface area (Å²) in [5.74, 6) is -1.02. The molecule has 0 saturated carbocycles. The van der Waals surface area contributed by atoms with Gasteiger partial charge in [-0.3, -0.25) is 0 Å². The van der Waals surface area contributed by atoms with E-state index in [1.807, 2.05) is 0 Å². The smallest absolute Gasteiger partial charge is 0.383 e. The predicted octanol–water partition coefficient (Wildman–Crippen LogP) is 3.69. The standard InChI is InChI=1S/C17H17ClF3N5OS/c1-10-13(14(22)26(24-10)12-5-3-11(18)4-6-12)16(27,17(19,20)21)9-28-15-23-7-8-25(15)2/h3-8,27H,9,22H2,1-2H3/t16-/m0/s1. The van der Waals surface area contributed by atoms with E-state index in [2.05, 4.69) is 10.1 Å². The number of alkyl halides is 3. The van der Waals surface area contributed by atoms with Crippen molar-refractivity contribution in [2.45, 2.75) is 23.9 Å². The summed E-state index contributed by atoms with van der Waals surface area (Å²) >= 11 is 6.63. The van der Waals surface area contributed by atoms with Crippen LogP contribution in [0.1, 0.15) is 11.3 Å². The van der Waals surface area contributed by atoms with Crippen molar-refractivity contribution in [3.8, 4) is 5.69 Å². The molecule has 0 aliphatic heterocycles. The first-order valence-corrected chi connectivity index (χ1v) is 9.41. The molecule has 0 saturated heterocycles. The second-order valence-electron chi connectivity index (χ2n) is 6.20. The van der Waals surface area contributed by atoms with E-state index >= 15 is 0 Å². The Hall–Kier alpha value is -2.17. The number of rotatable bonds is 5. The Morgan fingerprint density at radius 2 is 1.89 bits per heavy atom. The molecular formula is C17H17ClF3N5OS. The normalized spacial score (nSPS) is 14.2. The molecule has 2 aromatic heterocycles. The van der Waals surface area contributed by atoms with E-state index in [0.717, 1.165) is 16.4 Å². The van der Waals surface area contributed by atoms with Crippen molar-refractivity contribution >= 4 is 29.2 Å². The molecule has 2 heterocycles. The van der Waals surface area contributed by atoms with Crippen molar-refractivity contribution in [3.63, 3.8) is 0 Å². The van der Waals surface area contributed by atoms with Crippen molar-refractivity contribution in [2.75, 3.05) is 11.5 Å². The number of aliphatic hydroxyl groups is 1. The van der Waals surface area contributed by atoms with Crippen LogP contribution in [0.4, 0.5) is 19.0 Å². The quantitative estimate of drug-likeness (QED) is 0.602. The van der Waals surface area contributed by atoms with Gasteiger partial charge in [0.25, 0.3) is 0 Å². The monoisotopic (exact) mass is 431 g/mol. The Labute approximate surface area is 168 Å². The van der Waals surface area contributed by atoms with Gasteiger partial charge in [0, 0.05) is 30.2 Å². The van der Waals surface area contributed by atoms with Gasteiger partial charge < -0.3 is 15.4 Å². The SMILES string of the molecule is Cc1nn(-c2ccc(Cl)cc2)c(N)c1[C@@](O)(CSc1nccn1C)C(F)(F)F. The van der Waals surface area contributed by atoms with Crippen LogP contribution in [-0.2, 0) is 12.6 Å². The van der Waals surface area contributed by atoms with Gasteiger partial charge in [-0.1, -0.05) is 23.4 Å². The van der Waals surface area contributed by atoms with Crippen LogP contribution in [0.25, 0.3) is 5.69 Å². The van der Waals surface area contributed by atoms with E-state index in [-0.39, 0.29) is 11.5 Å². The highest BCUT2D eigenvalue weighted by Gasteiger charge is 2.57. The number of nitrogens with zero attached hydrogens (tertiary/aromatic N) is 4. The van der Waals surface area contributed by atoms with Gasteiger partial charge in [0.05, 0.1) is 16.9 Å². The minimum absolute atomic E-state index is 0.0206. The predicted molar refractivity (Wildman–Crippen MR) is 102 cm³/mol. The van der Waals surface area contributed by atoms with Crippen molar-refractivity contribution in [1.82, 2.24) is 19.3 Å². The first-order valence-electron chi connectivity index (χ1n) is 8.05. The van der Waals surface area contributed by atoms with Gasteiger partial charge in [-0.05, 0) is 31.2 Å². The van der Waals surface area contributed by atoms with Crippen LogP contribution >= 0.6 is 23.4 Å². The summed E-state index contributed by atoms with van der Waals surface area (Å²) in [7, 11) is 1.65. The van der Waals surface area contributed by atoms with E-state index in [1.165, 1.54) is 13.1 Å². The molecule has 0 spiro atoms. The van der Waals surface area contributed by atoms with Crippen molar-refractivity contribution < 1.29 is 18.3 Å². The van der Waals surface area contributed by atoms with Crippen LogP contribution in [0.15, 0.2) is 41.8 Å². The maximum absolute atomic E-state index is 13.9. The van der Waals surface area contributed by atoms with E-state index in [0.29, 0.717) is 15.9 Å². The maximum Gasteiger partial charge on any atom is 0.422 e. The topological polar surface area (TPSA) is 81.9 Å². The minimum Gasteiger partial charge on any atom is -0.383 e. The molecule has 0 aliphatic rings. The zero-order valence-electron chi connectivity index (χ0n) is 14.9. The summed E-state index contributed by atoms with van der Waals surface area (Å²) in [4.78, 5) is 3.98. The summed E-state index contributed by atoms with van der Waals surface area (Å²) < 4.78 is 44.6. The van der Waals surface area contributed by atoms with Gasteiger partial charge in [-0.2, -0.15) is 18.3 Å².